The molecule has 6 nitrogen and oxygen atoms in total. The largest absolute Gasteiger partial charge is 0.332 e. The molecule has 0 unspecified atom stereocenters. The molecule has 1 fully saturated rings. The van der Waals surface area contributed by atoms with Gasteiger partial charge in [-0.25, -0.2) is 22.7 Å². The van der Waals surface area contributed by atoms with E-state index < -0.39 is 36.5 Å². The van der Waals surface area contributed by atoms with Crippen LogP contribution in [0, 0.1) is 12.7 Å². The first-order valence-electron chi connectivity index (χ1n) is 8.52. The highest BCUT2D eigenvalue weighted by atomic mass is 79.9. The summed E-state index contributed by atoms with van der Waals surface area (Å²) in [7, 11) is 0. The van der Waals surface area contributed by atoms with Crippen LogP contribution in [-0.4, -0.2) is 49.4 Å². The summed E-state index contributed by atoms with van der Waals surface area (Å²) in [6.45, 7) is 1.08. The molecule has 0 aliphatic carbocycles. The van der Waals surface area contributed by atoms with Crippen LogP contribution in [0.25, 0.3) is 5.78 Å². The standard InChI is InChI=1S/C18H15BrF3N5O/c1-10-2-15(27-17(25-10)23-9-24-27)12-6-18(21,22)8-26(7-12)16(28)11-3-13(19)5-14(20)4-11/h2-5,9,12H,6-8H2,1H3/t12-/m1/s1. The Kier molecular flexibility index (Phi) is 4.60. The van der Waals surface area contributed by atoms with E-state index in [1.54, 1.807) is 13.0 Å². The molecule has 1 saturated heterocycles. The molecule has 3 aromatic rings. The van der Waals surface area contributed by atoms with Gasteiger partial charge in [0.1, 0.15) is 12.1 Å². The quantitative estimate of drug-likeness (QED) is 0.594. The summed E-state index contributed by atoms with van der Waals surface area (Å²) in [6, 6.07) is 5.33. The minimum Gasteiger partial charge on any atom is -0.332 e. The maximum absolute atomic E-state index is 14.5. The van der Waals surface area contributed by atoms with Gasteiger partial charge in [0.15, 0.2) is 0 Å². The van der Waals surface area contributed by atoms with Crippen molar-refractivity contribution in [3.8, 4) is 0 Å². The molecule has 1 atom stereocenters. The van der Waals surface area contributed by atoms with E-state index in [9.17, 15) is 18.0 Å². The Morgan fingerprint density at radius 1 is 1.29 bits per heavy atom. The van der Waals surface area contributed by atoms with Crippen LogP contribution in [0.5, 0.6) is 0 Å². The number of halogens is 4. The van der Waals surface area contributed by atoms with Gasteiger partial charge in [-0.15, -0.1) is 0 Å². The van der Waals surface area contributed by atoms with Gasteiger partial charge in [-0.05, 0) is 31.2 Å². The number of carbonyl (C=O) groups is 1. The fourth-order valence-electron chi connectivity index (χ4n) is 3.56. The van der Waals surface area contributed by atoms with Crippen LogP contribution in [0.1, 0.15) is 34.1 Å². The van der Waals surface area contributed by atoms with E-state index in [-0.39, 0.29) is 12.1 Å². The average Bonchev–Trinajstić information content (AvgIpc) is 3.06. The minimum atomic E-state index is -3.09. The number of alkyl halides is 2. The van der Waals surface area contributed by atoms with Crippen molar-refractivity contribution in [3.63, 3.8) is 0 Å². The summed E-state index contributed by atoms with van der Waals surface area (Å²) in [5, 5.41) is 4.07. The van der Waals surface area contributed by atoms with Crippen LogP contribution in [0.15, 0.2) is 35.1 Å². The number of likely N-dealkylation sites (tertiary alicyclic amines) is 1. The molecule has 1 aliphatic heterocycles. The molecule has 0 saturated carbocycles. The average molecular weight is 454 g/mol. The number of piperidine rings is 1. The second-order valence-corrected chi connectivity index (χ2v) is 7.81. The number of fused-ring (bicyclic) bond motifs is 1. The fourth-order valence-corrected chi connectivity index (χ4v) is 4.03. The molecular formula is C18H15BrF3N5O. The van der Waals surface area contributed by atoms with Gasteiger partial charge in [0.2, 0.25) is 0 Å². The molecule has 4 rings (SSSR count). The molecular weight excluding hydrogens is 439 g/mol. The summed E-state index contributed by atoms with van der Waals surface area (Å²) in [5.41, 5.74) is 1.15. The zero-order valence-corrected chi connectivity index (χ0v) is 16.3. The monoisotopic (exact) mass is 453 g/mol. The molecule has 3 heterocycles. The van der Waals surface area contributed by atoms with E-state index in [1.807, 2.05) is 0 Å². The number of hydrogen-bond donors (Lipinski definition) is 0. The van der Waals surface area contributed by atoms with E-state index in [0.29, 0.717) is 21.6 Å². The highest BCUT2D eigenvalue weighted by molar-refractivity contribution is 9.10. The minimum absolute atomic E-state index is 0.0140. The van der Waals surface area contributed by atoms with Crippen LogP contribution < -0.4 is 0 Å². The first kappa shape index (κ1) is 18.9. The van der Waals surface area contributed by atoms with Crippen LogP contribution in [-0.2, 0) is 0 Å². The molecule has 0 radical (unpaired) electrons. The molecule has 28 heavy (non-hydrogen) atoms. The van der Waals surface area contributed by atoms with Crippen LogP contribution in [0.3, 0.4) is 0 Å². The highest BCUT2D eigenvalue weighted by Crippen LogP contribution is 2.37. The lowest BCUT2D eigenvalue weighted by atomic mass is 9.91. The highest BCUT2D eigenvalue weighted by Gasteiger charge is 2.43. The van der Waals surface area contributed by atoms with Gasteiger partial charge in [-0.3, -0.25) is 4.79 Å². The van der Waals surface area contributed by atoms with Gasteiger partial charge in [-0.1, -0.05) is 15.9 Å². The Morgan fingerprint density at radius 3 is 2.82 bits per heavy atom. The summed E-state index contributed by atoms with van der Waals surface area (Å²) >= 11 is 3.12. The van der Waals surface area contributed by atoms with E-state index >= 15 is 0 Å². The second kappa shape index (κ2) is 6.84. The van der Waals surface area contributed by atoms with Crippen molar-refractivity contribution in [1.29, 1.82) is 0 Å². The lowest BCUT2D eigenvalue weighted by molar-refractivity contribution is -0.0641. The van der Waals surface area contributed by atoms with Crippen LogP contribution in [0.4, 0.5) is 13.2 Å². The number of rotatable bonds is 2. The molecule has 0 N–H and O–H groups in total. The van der Waals surface area contributed by atoms with Crippen molar-refractivity contribution in [2.75, 3.05) is 13.1 Å². The summed E-state index contributed by atoms with van der Waals surface area (Å²) in [5.74, 6) is -4.71. The molecule has 10 heteroatoms. The summed E-state index contributed by atoms with van der Waals surface area (Å²) in [4.78, 5) is 22.1. The van der Waals surface area contributed by atoms with Crippen molar-refractivity contribution in [1.82, 2.24) is 24.5 Å². The third-order valence-corrected chi connectivity index (χ3v) is 5.09. The molecule has 1 aliphatic rings. The zero-order chi connectivity index (χ0) is 20.1. The number of benzene rings is 1. The number of nitrogens with zero attached hydrogens (tertiary/aromatic N) is 5. The number of hydrogen-bond acceptors (Lipinski definition) is 4. The summed E-state index contributed by atoms with van der Waals surface area (Å²) < 4.78 is 44.5. The van der Waals surface area contributed by atoms with Crippen LogP contribution >= 0.6 is 15.9 Å². The van der Waals surface area contributed by atoms with Gasteiger partial charge in [0.05, 0.1) is 12.2 Å². The Balaban J connectivity index is 1.71. The van der Waals surface area contributed by atoms with Crippen molar-refractivity contribution >= 4 is 27.6 Å². The summed E-state index contributed by atoms with van der Waals surface area (Å²) in [6.07, 6.45) is 0.876. The molecule has 146 valence electrons. The Morgan fingerprint density at radius 2 is 2.07 bits per heavy atom. The molecule has 0 spiro atoms. The third kappa shape index (κ3) is 3.60. The lowest BCUT2D eigenvalue weighted by Crippen LogP contribution is -2.49. The van der Waals surface area contributed by atoms with Gasteiger partial charge < -0.3 is 4.90 Å². The smallest absolute Gasteiger partial charge is 0.266 e. The fraction of sp³-hybridized carbons (Fsp3) is 0.333. The SMILES string of the molecule is Cc1cc([C@H]2CN(C(=O)c3cc(F)cc(Br)c3)CC(F)(F)C2)n2ncnc2n1. The van der Waals surface area contributed by atoms with Crippen molar-refractivity contribution in [3.05, 3.63) is 57.8 Å². The molecule has 1 amide bonds. The van der Waals surface area contributed by atoms with Crippen molar-refractivity contribution < 1.29 is 18.0 Å². The number of aromatic nitrogens is 4. The van der Waals surface area contributed by atoms with Gasteiger partial charge >= 0.3 is 0 Å². The Bertz CT molecular complexity index is 1050. The normalized spacial score (nSPS) is 19.2. The maximum atomic E-state index is 14.5. The first-order chi connectivity index (χ1) is 13.2. The van der Waals surface area contributed by atoms with Crippen molar-refractivity contribution in [2.24, 2.45) is 0 Å². The molecule has 1 aromatic carbocycles. The third-order valence-electron chi connectivity index (χ3n) is 4.63. The van der Waals surface area contributed by atoms with Crippen molar-refractivity contribution in [2.45, 2.75) is 25.2 Å². The number of aryl methyl sites for hydroxylation is 1. The topological polar surface area (TPSA) is 63.4 Å². The van der Waals surface area contributed by atoms with E-state index in [0.717, 1.165) is 11.0 Å². The lowest BCUT2D eigenvalue weighted by Gasteiger charge is -2.37. The number of carbonyl (C=O) groups excluding carboxylic acids is 1. The first-order valence-corrected chi connectivity index (χ1v) is 9.32. The number of amides is 1. The van der Waals surface area contributed by atoms with E-state index in [2.05, 4.69) is 31.0 Å². The predicted molar refractivity (Wildman–Crippen MR) is 97.8 cm³/mol. The van der Waals surface area contributed by atoms with Crippen LogP contribution in [0.2, 0.25) is 0 Å². The van der Waals surface area contributed by atoms with Gasteiger partial charge in [0.25, 0.3) is 17.6 Å². The molecule has 2 aromatic heterocycles. The predicted octanol–water partition coefficient (Wildman–Crippen LogP) is 3.60. The van der Waals surface area contributed by atoms with Gasteiger partial charge in [0, 0.05) is 34.6 Å². The Labute approximate surface area is 166 Å². The van der Waals surface area contributed by atoms with Gasteiger partial charge in [-0.2, -0.15) is 10.1 Å². The second-order valence-electron chi connectivity index (χ2n) is 6.90. The van der Waals surface area contributed by atoms with E-state index in [1.165, 1.54) is 23.0 Å². The van der Waals surface area contributed by atoms with E-state index in [4.69, 9.17) is 0 Å². The Hall–Kier alpha value is -2.49. The zero-order valence-electron chi connectivity index (χ0n) is 14.7. The maximum Gasteiger partial charge on any atom is 0.266 e. The molecule has 0 bridgehead atoms.